The SMILES string of the molecule is CCCCN(c1ccc(N)c(C(=O)OCC)c1)C1CC1. The quantitative estimate of drug-likeness (QED) is 0.613. The number of benzene rings is 1. The van der Waals surface area contributed by atoms with Gasteiger partial charge < -0.3 is 15.4 Å². The van der Waals surface area contributed by atoms with E-state index in [-0.39, 0.29) is 5.97 Å². The molecule has 0 aromatic heterocycles. The monoisotopic (exact) mass is 276 g/mol. The maximum atomic E-state index is 11.9. The summed E-state index contributed by atoms with van der Waals surface area (Å²) >= 11 is 0. The minimum absolute atomic E-state index is 0.335. The minimum Gasteiger partial charge on any atom is -0.462 e. The maximum absolute atomic E-state index is 11.9. The maximum Gasteiger partial charge on any atom is 0.340 e. The van der Waals surface area contributed by atoms with Crippen molar-refractivity contribution in [2.24, 2.45) is 0 Å². The van der Waals surface area contributed by atoms with Gasteiger partial charge in [-0.25, -0.2) is 4.79 Å². The van der Waals surface area contributed by atoms with Gasteiger partial charge in [0.05, 0.1) is 12.2 Å². The summed E-state index contributed by atoms with van der Waals surface area (Å²) in [6, 6.07) is 6.32. The van der Waals surface area contributed by atoms with Crippen LogP contribution in [0, 0.1) is 0 Å². The number of anilines is 2. The van der Waals surface area contributed by atoms with Crippen LogP contribution in [0.25, 0.3) is 0 Å². The van der Waals surface area contributed by atoms with Gasteiger partial charge in [-0.15, -0.1) is 0 Å². The zero-order chi connectivity index (χ0) is 14.5. The Kier molecular flexibility index (Phi) is 4.88. The van der Waals surface area contributed by atoms with Crippen molar-refractivity contribution in [2.45, 2.75) is 45.6 Å². The van der Waals surface area contributed by atoms with Gasteiger partial charge in [0, 0.05) is 24.0 Å². The van der Waals surface area contributed by atoms with Gasteiger partial charge >= 0.3 is 5.97 Å². The van der Waals surface area contributed by atoms with Crippen molar-refractivity contribution < 1.29 is 9.53 Å². The van der Waals surface area contributed by atoms with Gasteiger partial charge in [-0.3, -0.25) is 0 Å². The van der Waals surface area contributed by atoms with E-state index in [0.29, 0.717) is 23.9 Å². The zero-order valence-corrected chi connectivity index (χ0v) is 12.4. The van der Waals surface area contributed by atoms with E-state index in [2.05, 4.69) is 11.8 Å². The first-order valence-corrected chi connectivity index (χ1v) is 7.50. The highest BCUT2D eigenvalue weighted by Crippen LogP contribution is 2.33. The lowest BCUT2D eigenvalue weighted by Gasteiger charge is -2.25. The molecule has 2 rings (SSSR count). The molecule has 2 N–H and O–H groups in total. The van der Waals surface area contributed by atoms with E-state index in [1.807, 2.05) is 18.2 Å². The summed E-state index contributed by atoms with van der Waals surface area (Å²) in [4.78, 5) is 14.3. The van der Waals surface area contributed by atoms with Gasteiger partial charge in [0.1, 0.15) is 0 Å². The molecule has 0 radical (unpaired) electrons. The minimum atomic E-state index is -0.335. The van der Waals surface area contributed by atoms with Crippen LogP contribution in [0.15, 0.2) is 18.2 Å². The lowest BCUT2D eigenvalue weighted by molar-refractivity contribution is 0.0527. The largest absolute Gasteiger partial charge is 0.462 e. The van der Waals surface area contributed by atoms with Gasteiger partial charge in [-0.2, -0.15) is 0 Å². The fraction of sp³-hybridized carbons (Fsp3) is 0.562. The number of nitrogen functional groups attached to an aromatic ring is 1. The van der Waals surface area contributed by atoms with E-state index in [0.717, 1.165) is 18.7 Å². The Morgan fingerprint density at radius 1 is 1.40 bits per heavy atom. The molecule has 1 aliphatic rings. The predicted molar refractivity (Wildman–Crippen MR) is 82.1 cm³/mol. The average Bonchev–Trinajstić information content (AvgIpc) is 3.25. The number of nitrogens with two attached hydrogens (primary N) is 1. The third-order valence-electron chi connectivity index (χ3n) is 3.60. The molecular weight excluding hydrogens is 252 g/mol. The molecule has 0 atom stereocenters. The van der Waals surface area contributed by atoms with Crippen molar-refractivity contribution in [1.82, 2.24) is 0 Å². The summed E-state index contributed by atoms with van der Waals surface area (Å²) in [6.07, 6.45) is 4.81. The van der Waals surface area contributed by atoms with Gasteiger partial charge in [-0.05, 0) is 44.4 Å². The van der Waals surface area contributed by atoms with Gasteiger partial charge in [-0.1, -0.05) is 13.3 Å². The molecule has 4 nitrogen and oxygen atoms in total. The molecule has 0 spiro atoms. The van der Waals surface area contributed by atoms with Crippen molar-refractivity contribution in [3.63, 3.8) is 0 Å². The fourth-order valence-corrected chi connectivity index (χ4v) is 2.35. The molecule has 1 fully saturated rings. The number of hydrogen-bond donors (Lipinski definition) is 1. The molecule has 0 bridgehead atoms. The number of rotatable bonds is 7. The van der Waals surface area contributed by atoms with Crippen LogP contribution >= 0.6 is 0 Å². The first-order valence-electron chi connectivity index (χ1n) is 7.50. The van der Waals surface area contributed by atoms with E-state index in [1.54, 1.807) is 6.92 Å². The Labute approximate surface area is 120 Å². The molecule has 0 saturated heterocycles. The lowest BCUT2D eigenvalue weighted by Crippen LogP contribution is -2.27. The molecule has 0 amide bonds. The van der Waals surface area contributed by atoms with Crippen LogP contribution in [0.3, 0.4) is 0 Å². The molecule has 4 heteroatoms. The molecule has 1 saturated carbocycles. The molecule has 0 heterocycles. The van der Waals surface area contributed by atoms with Crippen molar-refractivity contribution >= 4 is 17.3 Å². The number of ether oxygens (including phenoxy) is 1. The Balaban J connectivity index is 2.21. The second kappa shape index (κ2) is 6.64. The second-order valence-corrected chi connectivity index (χ2v) is 5.27. The fourth-order valence-electron chi connectivity index (χ4n) is 2.35. The first-order chi connectivity index (χ1) is 9.67. The molecule has 1 aliphatic carbocycles. The average molecular weight is 276 g/mol. The molecule has 1 aromatic rings. The van der Waals surface area contributed by atoms with Gasteiger partial charge in [0.25, 0.3) is 0 Å². The van der Waals surface area contributed by atoms with Crippen molar-refractivity contribution in [3.05, 3.63) is 23.8 Å². The summed E-state index contributed by atoms with van der Waals surface area (Å²) in [6.45, 7) is 5.39. The summed E-state index contributed by atoms with van der Waals surface area (Å²) < 4.78 is 5.06. The van der Waals surface area contributed by atoms with Crippen molar-refractivity contribution in [1.29, 1.82) is 0 Å². The highest BCUT2D eigenvalue weighted by atomic mass is 16.5. The third kappa shape index (κ3) is 3.44. The highest BCUT2D eigenvalue weighted by molar-refractivity contribution is 5.96. The van der Waals surface area contributed by atoms with E-state index >= 15 is 0 Å². The number of esters is 1. The van der Waals surface area contributed by atoms with Crippen LogP contribution in [0.4, 0.5) is 11.4 Å². The number of nitrogens with zero attached hydrogens (tertiary/aromatic N) is 1. The summed E-state index contributed by atoms with van der Waals surface area (Å²) in [5.74, 6) is -0.335. The van der Waals surface area contributed by atoms with E-state index in [1.165, 1.54) is 19.3 Å². The predicted octanol–water partition coefficient (Wildman–Crippen LogP) is 3.21. The van der Waals surface area contributed by atoms with Crippen molar-refractivity contribution in [3.8, 4) is 0 Å². The van der Waals surface area contributed by atoms with Crippen LogP contribution in [0.1, 0.15) is 49.9 Å². The Morgan fingerprint density at radius 3 is 2.75 bits per heavy atom. The number of unbranched alkanes of at least 4 members (excludes halogenated alkanes) is 1. The Bertz CT molecular complexity index is 470. The van der Waals surface area contributed by atoms with Gasteiger partial charge in [0.15, 0.2) is 0 Å². The summed E-state index contributed by atoms with van der Waals surface area (Å²) in [5.41, 5.74) is 7.94. The van der Waals surface area contributed by atoms with Gasteiger partial charge in [0.2, 0.25) is 0 Å². The molecule has 0 unspecified atom stereocenters. The summed E-state index contributed by atoms with van der Waals surface area (Å²) in [7, 11) is 0. The topological polar surface area (TPSA) is 55.6 Å². The van der Waals surface area contributed by atoms with Crippen LogP contribution in [-0.4, -0.2) is 25.2 Å². The number of carbonyl (C=O) groups is 1. The molecule has 110 valence electrons. The van der Waals surface area contributed by atoms with E-state index in [9.17, 15) is 4.79 Å². The lowest BCUT2D eigenvalue weighted by atomic mass is 10.1. The van der Waals surface area contributed by atoms with Crippen molar-refractivity contribution in [2.75, 3.05) is 23.8 Å². The molecule has 0 aliphatic heterocycles. The highest BCUT2D eigenvalue weighted by Gasteiger charge is 2.29. The second-order valence-electron chi connectivity index (χ2n) is 5.27. The standard InChI is InChI=1S/C16H24N2O2/c1-3-5-10-18(12-6-7-12)13-8-9-15(17)14(11-13)16(19)20-4-2/h8-9,11-12H,3-7,10,17H2,1-2H3. The molecule has 20 heavy (non-hydrogen) atoms. The molecular formula is C16H24N2O2. The summed E-state index contributed by atoms with van der Waals surface area (Å²) in [5, 5.41) is 0. The Hall–Kier alpha value is -1.71. The number of hydrogen-bond acceptors (Lipinski definition) is 4. The van der Waals surface area contributed by atoms with Crippen LogP contribution < -0.4 is 10.6 Å². The van der Waals surface area contributed by atoms with Crippen LogP contribution in [-0.2, 0) is 4.74 Å². The normalized spacial score (nSPS) is 14.1. The number of carbonyl (C=O) groups excluding carboxylic acids is 1. The smallest absolute Gasteiger partial charge is 0.340 e. The zero-order valence-electron chi connectivity index (χ0n) is 12.4. The van der Waals surface area contributed by atoms with Crippen LogP contribution in [0.2, 0.25) is 0 Å². The first kappa shape index (κ1) is 14.7. The van der Waals surface area contributed by atoms with E-state index in [4.69, 9.17) is 10.5 Å². The Morgan fingerprint density at radius 2 is 2.15 bits per heavy atom. The van der Waals surface area contributed by atoms with Crippen LogP contribution in [0.5, 0.6) is 0 Å². The van der Waals surface area contributed by atoms with E-state index < -0.39 is 0 Å². The third-order valence-corrected chi connectivity index (χ3v) is 3.60. The molecule has 1 aromatic carbocycles.